The molecule has 0 aliphatic carbocycles. The zero-order valence-electron chi connectivity index (χ0n) is 12.9. The molecule has 2 aromatic rings. The van der Waals surface area contributed by atoms with Gasteiger partial charge in [-0.25, -0.2) is 4.39 Å². The zero-order valence-corrected chi connectivity index (χ0v) is 12.9. The van der Waals surface area contributed by atoms with E-state index >= 15 is 0 Å². The maximum absolute atomic E-state index is 14.3. The molecule has 0 amide bonds. The molecule has 0 spiro atoms. The maximum Gasteiger partial charge on any atom is 0.150 e. The Kier molecular flexibility index (Phi) is 5.04. The van der Waals surface area contributed by atoms with Gasteiger partial charge in [-0.2, -0.15) is 0 Å². The monoisotopic (exact) mass is 299 g/mol. The van der Waals surface area contributed by atoms with Crippen LogP contribution in [0, 0.1) is 5.82 Å². The van der Waals surface area contributed by atoms with Crippen molar-refractivity contribution in [2.45, 2.75) is 20.3 Å². The molecule has 0 N–H and O–H groups in total. The highest BCUT2D eigenvalue weighted by molar-refractivity contribution is 5.91. The van der Waals surface area contributed by atoms with E-state index in [2.05, 4.69) is 4.99 Å². The van der Waals surface area contributed by atoms with Gasteiger partial charge in [0.1, 0.15) is 11.6 Å². The summed E-state index contributed by atoms with van der Waals surface area (Å²) in [7, 11) is 1.48. The van der Waals surface area contributed by atoms with Crippen LogP contribution in [0.5, 0.6) is 5.75 Å². The molecule has 0 aliphatic heterocycles. The number of ether oxygens (including phenoxy) is 1. The van der Waals surface area contributed by atoms with Gasteiger partial charge >= 0.3 is 0 Å². The molecule has 2 rings (SSSR count). The van der Waals surface area contributed by atoms with Crippen LogP contribution < -0.4 is 4.74 Å². The molecule has 22 heavy (non-hydrogen) atoms. The Morgan fingerprint density at radius 1 is 1.32 bits per heavy atom. The Bertz CT molecular complexity index is 723. The largest absolute Gasteiger partial charge is 0.496 e. The highest BCUT2D eigenvalue weighted by atomic mass is 19.1. The van der Waals surface area contributed by atoms with Crippen molar-refractivity contribution in [3.05, 3.63) is 47.3 Å². The van der Waals surface area contributed by atoms with Crippen LogP contribution >= 0.6 is 0 Å². The number of aliphatic imine (C=N–C) groups is 1. The number of methoxy groups -OCH3 is 1. The van der Waals surface area contributed by atoms with Crippen molar-refractivity contribution >= 4 is 18.2 Å². The number of halogens is 1. The average Bonchev–Trinajstić information content (AvgIpc) is 2.54. The predicted octanol–water partition coefficient (Wildman–Crippen LogP) is 4.60. The van der Waals surface area contributed by atoms with Gasteiger partial charge in [-0.3, -0.25) is 9.79 Å². The van der Waals surface area contributed by atoms with Crippen molar-refractivity contribution in [2.75, 3.05) is 7.11 Å². The molecule has 0 bridgehead atoms. The summed E-state index contributed by atoms with van der Waals surface area (Å²) in [6.45, 7) is 3.80. The van der Waals surface area contributed by atoms with Gasteiger partial charge in [0.2, 0.25) is 0 Å². The van der Waals surface area contributed by atoms with E-state index in [1.807, 2.05) is 13.8 Å². The number of carbonyl (C=O) groups excluding carboxylic acids is 1. The van der Waals surface area contributed by atoms with Crippen molar-refractivity contribution in [1.29, 1.82) is 0 Å². The van der Waals surface area contributed by atoms with E-state index in [0.717, 1.165) is 24.0 Å². The first-order chi connectivity index (χ1) is 10.7. The van der Waals surface area contributed by atoms with Gasteiger partial charge in [0.25, 0.3) is 0 Å². The summed E-state index contributed by atoms with van der Waals surface area (Å²) in [6, 6.07) is 8.09. The Morgan fingerprint density at radius 3 is 2.68 bits per heavy atom. The first-order valence-electron chi connectivity index (χ1n) is 7.09. The fourth-order valence-electron chi connectivity index (χ4n) is 2.44. The molecule has 0 fully saturated rings. The van der Waals surface area contributed by atoms with Gasteiger partial charge in [-0.05, 0) is 43.2 Å². The van der Waals surface area contributed by atoms with Crippen molar-refractivity contribution < 1.29 is 13.9 Å². The summed E-state index contributed by atoms with van der Waals surface area (Å²) in [5.74, 6) is -0.0445. The van der Waals surface area contributed by atoms with E-state index in [4.69, 9.17) is 4.74 Å². The Morgan fingerprint density at radius 2 is 2.09 bits per heavy atom. The smallest absolute Gasteiger partial charge is 0.150 e. The van der Waals surface area contributed by atoms with Crippen LogP contribution in [0.2, 0.25) is 0 Å². The Labute approximate surface area is 129 Å². The second-order valence-electron chi connectivity index (χ2n) is 4.74. The molecule has 3 nitrogen and oxygen atoms in total. The molecule has 0 heterocycles. The number of benzene rings is 2. The highest BCUT2D eigenvalue weighted by Crippen LogP contribution is 2.37. The minimum Gasteiger partial charge on any atom is -0.496 e. The third-order valence-electron chi connectivity index (χ3n) is 3.49. The Hall–Kier alpha value is -2.49. The van der Waals surface area contributed by atoms with Crippen molar-refractivity contribution in [1.82, 2.24) is 0 Å². The molecule has 0 unspecified atom stereocenters. The van der Waals surface area contributed by atoms with Gasteiger partial charge in [0.05, 0.1) is 18.4 Å². The number of aldehydes is 1. The molecule has 0 saturated heterocycles. The third-order valence-corrected chi connectivity index (χ3v) is 3.49. The number of hydrogen-bond donors (Lipinski definition) is 0. The van der Waals surface area contributed by atoms with Gasteiger partial charge < -0.3 is 4.74 Å². The van der Waals surface area contributed by atoms with Gasteiger partial charge in [-0.15, -0.1) is 0 Å². The summed E-state index contributed by atoms with van der Waals surface area (Å²) in [6.07, 6.45) is 3.15. The van der Waals surface area contributed by atoms with Crippen LogP contribution in [-0.2, 0) is 6.42 Å². The van der Waals surface area contributed by atoms with Crippen LogP contribution in [0.1, 0.15) is 29.8 Å². The van der Waals surface area contributed by atoms with Crippen LogP contribution in [0.15, 0.2) is 35.3 Å². The topological polar surface area (TPSA) is 38.7 Å². The minimum absolute atomic E-state index is 0.280. The van der Waals surface area contributed by atoms with Crippen LogP contribution in [-0.4, -0.2) is 19.6 Å². The second kappa shape index (κ2) is 6.98. The summed E-state index contributed by atoms with van der Waals surface area (Å²) < 4.78 is 19.5. The van der Waals surface area contributed by atoms with E-state index < -0.39 is 5.82 Å². The zero-order chi connectivity index (χ0) is 16.1. The van der Waals surface area contributed by atoms with Gasteiger partial charge in [0, 0.05) is 17.3 Å². The lowest BCUT2D eigenvalue weighted by Gasteiger charge is -2.14. The van der Waals surface area contributed by atoms with E-state index in [9.17, 15) is 9.18 Å². The van der Waals surface area contributed by atoms with Crippen LogP contribution in [0.4, 0.5) is 10.1 Å². The lowest BCUT2D eigenvalue weighted by Crippen LogP contribution is -1.97. The first kappa shape index (κ1) is 15.9. The van der Waals surface area contributed by atoms with E-state index in [0.29, 0.717) is 16.9 Å². The molecule has 0 radical (unpaired) electrons. The highest BCUT2D eigenvalue weighted by Gasteiger charge is 2.17. The van der Waals surface area contributed by atoms with Gasteiger partial charge in [-0.1, -0.05) is 13.0 Å². The molecule has 0 saturated carbocycles. The van der Waals surface area contributed by atoms with Crippen LogP contribution in [0.25, 0.3) is 11.1 Å². The van der Waals surface area contributed by atoms with Gasteiger partial charge in [0.15, 0.2) is 6.29 Å². The maximum atomic E-state index is 14.3. The SMILES string of the molecule is CC=Nc1cc(-c2c(F)cccc2OC)c(C=O)cc1CC. The predicted molar refractivity (Wildman–Crippen MR) is 87.0 cm³/mol. The number of rotatable bonds is 5. The molecule has 0 atom stereocenters. The number of carbonyl (C=O) groups is 1. The standard InChI is InChI=1S/C18H18FNO2/c1-4-12-9-13(11-21)14(10-16(12)20-5-2)18-15(19)7-6-8-17(18)22-3/h5-11H,4H2,1-3H3. The van der Waals surface area contributed by atoms with Crippen LogP contribution in [0.3, 0.4) is 0 Å². The fraction of sp³-hybridized carbons (Fsp3) is 0.222. The van der Waals surface area contributed by atoms with E-state index in [1.54, 1.807) is 30.5 Å². The fourth-order valence-corrected chi connectivity index (χ4v) is 2.44. The summed E-state index contributed by atoms with van der Waals surface area (Å²) in [5.41, 5.74) is 2.87. The van der Waals surface area contributed by atoms with E-state index in [1.165, 1.54) is 13.2 Å². The molecule has 2 aromatic carbocycles. The normalized spacial score (nSPS) is 10.9. The number of nitrogens with zero attached hydrogens (tertiary/aromatic N) is 1. The molecule has 4 heteroatoms. The minimum atomic E-state index is -0.432. The summed E-state index contributed by atoms with van der Waals surface area (Å²) >= 11 is 0. The molecular weight excluding hydrogens is 281 g/mol. The average molecular weight is 299 g/mol. The van der Waals surface area contributed by atoms with Crippen molar-refractivity contribution in [3.8, 4) is 16.9 Å². The summed E-state index contributed by atoms with van der Waals surface area (Å²) in [5, 5.41) is 0. The second-order valence-corrected chi connectivity index (χ2v) is 4.74. The Balaban J connectivity index is 2.80. The third kappa shape index (κ3) is 2.91. The lowest BCUT2D eigenvalue weighted by atomic mass is 9.95. The van der Waals surface area contributed by atoms with E-state index in [-0.39, 0.29) is 5.56 Å². The molecule has 114 valence electrons. The first-order valence-corrected chi connectivity index (χ1v) is 7.09. The lowest BCUT2D eigenvalue weighted by molar-refractivity contribution is 0.112. The number of aryl methyl sites for hydroxylation is 1. The molecular formula is C18H18FNO2. The van der Waals surface area contributed by atoms with Crippen molar-refractivity contribution in [3.63, 3.8) is 0 Å². The summed E-state index contributed by atoms with van der Waals surface area (Å²) in [4.78, 5) is 15.8. The van der Waals surface area contributed by atoms with Crippen molar-refractivity contribution in [2.24, 2.45) is 4.99 Å². The quantitative estimate of drug-likeness (QED) is 0.598. The molecule has 0 aliphatic rings. The number of hydrogen-bond acceptors (Lipinski definition) is 3. The molecule has 0 aromatic heterocycles.